The third-order valence-corrected chi connectivity index (χ3v) is 1.85. The predicted octanol–water partition coefficient (Wildman–Crippen LogP) is 1.18. The van der Waals surface area contributed by atoms with Crippen LogP contribution in [0.5, 0.6) is 0 Å². The third-order valence-electron chi connectivity index (χ3n) is 1.85. The molecule has 0 bridgehead atoms. The Morgan fingerprint density at radius 2 is 2.40 bits per heavy atom. The molecule has 1 heterocycles. The van der Waals surface area contributed by atoms with E-state index in [2.05, 4.69) is 19.2 Å². The van der Waals surface area contributed by atoms with E-state index < -0.39 is 0 Å². The fraction of sp³-hybridized carbons (Fsp3) is 0.875. The van der Waals surface area contributed by atoms with Crippen molar-refractivity contribution in [3.63, 3.8) is 0 Å². The Labute approximate surface area is 62.0 Å². The number of carbonyl (C=O) groups is 1. The second-order valence-electron chi connectivity index (χ2n) is 3.34. The Kier molecular flexibility index (Phi) is 2.30. The van der Waals surface area contributed by atoms with Gasteiger partial charge >= 0.3 is 0 Å². The summed E-state index contributed by atoms with van der Waals surface area (Å²) in [7, 11) is 0. The summed E-state index contributed by atoms with van der Waals surface area (Å²) in [6, 6.07) is 0. The van der Waals surface area contributed by atoms with E-state index in [0.717, 1.165) is 19.4 Å². The van der Waals surface area contributed by atoms with Gasteiger partial charge in [0, 0.05) is 12.5 Å². The average Bonchev–Trinajstić information content (AvgIpc) is 2.15. The molecule has 1 aliphatic rings. The van der Waals surface area contributed by atoms with Crippen LogP contribution in [0.2, 0.25) is 0 Å². The van der Waals surface area contributed by atoms with E-state index in [0.29, 0.717) is 5.92 Å². The molecule has 2 heteroatoms. The van der Waals surface area contributed by atoms with Crippen molar-refractivity contribution in [3.05, 3.63) is 0 Å². The molecule has 0 N–H and O–H groups in total. The summed E-state index contributed by atoms with van der Waals surface area (Å²) in [6.45, 7) is 5.05. The number of hydrogen-bond acceptors (Lipinski definition) is 1. The largest absolute Gasteiger partial charge is 0.273 e. The maximum absolute atomic E-state index is 10.9. The van der Waals surface area contributed by atoms with E-state index in [1.165, 1.54) is 0 Å². The van der Waals surface area contributed by atoms with Gasteiger partial charge in [0.05, 0.1) is 0 Å². The Morgan fingerprint density at radius 1 is 1.70 bits per heavy atom. The molecule has 0 spiro atoms. The van der Waals surface area contributed by atoms with Crippen molar-refractivity contribution in [1.29, 1.82) is 0 Å². The number of nitrogens with zero attached hydrogens (tertiary/aromatic N) is 1. The van der Waals surface area contributed by atoms with Crippen LogP contribution in [0.4, 0.5) is 0 Å². The molecule has 1 saturated heterocycles. The van der Waals surface area contributed by atoms with Gasteiger partial charge in [0.25, 0.3) is 0 Å². The predicted molar refractivity (Wildman–Crippen MR) is 39.6 cm³/mol. The standard InChI is InChI=1S/C8H14NO/c1-6(2)5-7-3-4-9-8(7)10/h6-7H,3-5H2,1-2H3. The lowest BCUT2D eigenvalue weighted by Crippen LogP contribution is -2.14. The van der Waals surface area contributed by atoms with E-state index >= 15 is 0 Å². The van der Waals surface area contributed by atoms with Crippen LogP contribution in [0.25, 0.3) is 0 Å². The SMILES string of the molecule is CC(C)CC1CC[N]C1=O. The van der Waals surface area contributed by atoms with Crippen LogP contribution >= 0.6 is 0 Å². The van der Waals surface area contributed by atoms with Gasteiger partial charge in [0.15, 0.2) is 0 Å². The summed E-state index contributed by atoms with van der Waals surface area (Å²) in [5, 5.41) is 3.83. The maximum atomic E-state index is 10.9. The molecule has 0 aromatic heterocycles. The van der Waals surface area contributed by atoms with Crippen LogP contribution in [0.15, 0.2) is 0 Å². The van der Waals surface area contributed by atoms with Gasteiger partial charge in [-0.3, -0.25) is 10.1 Å². The van der Waals surface area contributed by atoms with Crippen molar-refractivity contribution in [2.75, 3.05) is 6.54 Å². The molecule has 1 atom stereocenters. The highest BCUT2D eigenvalue weighted by Gasteiger charge is 2.25. The normalized spacial score (nSPS) is 25.5. The van der Waals surface area contributed by atoms with Gasteiger partial charge in [0.2, 0.25) is 5.91 Å². The molecule has 57 valence electrons. The van der Waals surface area contributed by atoms with Crippen LogP contribution in [0, 0.1) is 11.8 Å². The Bertz CT molecular complexity index is 131. The molecule has 0 aromatic carbocycles. The molecule has 1 amide bonds. The molecule has 0 aromatic rings. The first-order valence-electron chi connectivity index (χ1n) is 3.91. The van der Waals surface area contributed by atoms with Gasteiger partial charge in [0.1, 0.15) is 0 Å². The zero-order valence-corrected chi connectivity index (χ0v) is 6.63. The van der Waals surface area contributed by atoms with E-state index in [9.17, 15) is 4.79 Å². The lowest BCUT2D eigenvalue weighted by molar-refractivity contribution is -0.123. The van der Waals surface area contributed by atoms with Gasteiger partial charge < -0.3 is 0 Å². The summed E-state index contributed by atoms with van der Waals surface area (Å²) in [5.41, 5.74) is 0. The molecule has 2 nitrogen and oxygen atoms in total. The molecule has 0 saturated carbocycles. The number of amides is 1. The monoisotopic (exact) mass is 140 g/mol. The summed E-state index contributed by atoms with van der Waals surface area (Å²) in [4.78, 5) is 10.9. The lowest BCUT2D eigenvalue weighted by atomic mass is 9.96. The van der Waals surface area contributed by atoms with Crippen LogP contribution in [0.1, 0.15) is 26.7 Å². The maximum Gasteiger partial charge on any atom is 0.244 e. The highest BCUT2D eigenvalue weighted by atomic mass is 16.2. The van der Waals surface area contributed by atoms with Crippen molar-refractivity contribution in [3.8, 4) is 0 Å². The molecule has 10 heavy (non-hydrogen) atoms. The minimum Gasteiger partial charge on any atom is -0.273 e. The molecular formula is C8H14NO. The average molecular weight is 140 g/mol. The molecule has 0 aliphatic carbocycles. The quantitative estimate of drug-likeness (QED) is 0.566. The molecule has 1 radical (unpaired) electrons. The number of carbonyl (C=O) groups excluding carboxylic acids is 1. The van der Waals surface area contributed by atoms with E-state index in [-0.39, 0.29) is 11.8 Å². The van der Waals surface area contributed by atoms with Crippen molar-refractivity contribution >= 4 is 5.91 Å². The van der Waals surface area contributed by atoms with Crippen molar-refractivity contribution in [1.82, 2.24) is 5.32 Å². The zero-order valence-electron chi connectivity index (χ0n) is 6.63. The zero-order chi connectivity index (χ0) is 7.56. The van der Waals surface area contributed by atoms with Crippen molar-refractivity contribution in [2.45, 2.75) is 26.7 Å². The third kappa shape index (κ3) is 1.72. The van der Waals surface area contributed by atoms with Gasteiger partial charge in [-0.15, -0.1) is 0 Å². The summed E-state index contributed by atoms with van der Waals surface area (Å²) in [6.07, 6.45) is 2.00. The van der Waals surface area contributed by atoms with E-state index in [4.69, 9.17) is 0 Å². The van der Waals surface area contributed by atoms with Crippen LogP contribution in [0.3, 0.4) is 0 Å². The van der Waals surface area contributed by atoms with Gasteiger partial charge in [-0.25, -0.2) is 0 Å². The molecule has 1 aliphatic heterocycles. The minimum atomic E-state index is 0.133. The second-order valence-corrected chi connectivity index (χ2v) is 3.34. The summed E-state index contributed by atoms with van der Waals surface area (Å²) < 4.78 is 0. The first kappa shape index (κ1) is 7.58. The minimum absolute atomic E-state index is 0.133. The highest BCUT2D eigenvalue weighted by molar-refractivity contribution is 5.80. The van der Waals surface area contributed by atoms with Gasteiger partial charge in [-0.05, 0) is 18.8 Å². The number of rotatable bonds is 2. The van der Waals surface area contributed by atoms with Crippen LogP contribution < -0.4 is 5.32 Å². The molecular weight excluding hydrogens is 126 g/mol. The fourth-order valence-corrected chi connectivity index (χ4v) is 1.37. The smallest absolute Gasteiger partial charge is 0.244 e. The van der Waals surface area contributed by atoms with Crippen molar-refractivity contribution < 1.29 is 4.79 Å². The molecule has 1 fully saturated rings. The van der Waals surface area contributed by atoms with E-state index in [1.54, 1.807) is 0 Å². The second kappa shape index (κ2) is 3.04. The molecule has 1 rings (SSSR count). The van der Waals surface area contributed by atoms with E-state index in [1.807, 2.05) is 0 Å². The summed E-state index contributed by atoms with van der Waals surface area (Å²) in [5.74, 6) is 1.01. The first-order chi connectivity index (χ1) is 4.70. The fourth-order valence-electron chi connectivity index (χ4n) is 1.37. The van der Waals surface area contributed by atoms with Gasteiger partial charge in [-0.1, -0.05) is 13.8 Å². The highest BCUT2D eigenvalue weighted by Crippen LogP contribution is 2.19. The topological polar surface area (TPSA) is 31.2 Å². The summed E-state index contributed by atoms with van der Waals surface area (Å²) >= 11 is 0. The first-order valence-corrected chi connectivity index (χ1v) is 3.91. The Morgan fingerprint density at radius 3 is 2.80 bits per heavy atom. The lowest BCUT2D eigenvalue weighted by Gasteiger charge is -2.07. The Hall–Kier alpha value is -0.530. The van der Waals surface area contributed by atoms with Crippen LogP contribution in [-0.4, -0.2) is 12.5 Å². The molecule has 1 unspecified atom stereocenters. The van der Waals surface area contributed by atoms with Gasteiger partial charge in [-0.2, -0.15) is 0 Å². The van der Waals surface area contributed by atoms with Crippen molar-refractivity contribution in [2.24, 2.45) is 11.8 Å². The number of hydrogen-bond donors (Lipinski definition) is 0. The van der Waals surface area contributed by atoms with Crippen LogP contribution in [-0.2, 0) is 4.79 Å². The Balaban J connectivity index is 2.33.